The van der Waals surface area contributed by atoms with Gasteiger partial charge in [0.25, 0.3) is 5.91 Å². The fourth-order valence-corrected chi connectivity index (χ4v) is 1.91. The molecule has 0 unspecified atom stereocenters. The standard InChI is InChI=1S/C17H22N4O/c1-13(2)8-10-18-16(22)15-9-11-19-17(21-15)20-12-14-6-4-3-5-7-14/h3-7,9,11,13H,8,10,12H2,1-2H3,(H,18,22)(H,19,20,21). The average Bonchev–Trinajstić information content (AvgIpc) is 2.54. The third-order valence-corrected chi connectivity index (χ3v) is 3.19. The molecule has 2 rings (SSSR count). The molecule has 2 aromatic rings. The van der Waals surface area contributed by atoms with Gasteiger partial charge in [0.05, 0.1) is 0 Å². The van der Waals surface area contributed by atoms with Crippen LogP contribution in [0.3, 0.4) is 0 Å². The highest BCUT2D eigenvalue weighted by atomic mass is 16.1. The Morgan fingerprint density at radius 1 is 1.18 bits per heavy atom. The number of hydrogen-bond acceptors (Lipinski definition) is 4. The molecule has 0 atom stereocenters. The zero-order valence-corrected chi connectivity index (χ0v) is 13.0. The van der Waals surface area contributed by atoms with Gasteiger partial charge in [-0.1, -0.05) is 44.2 Å². The predicted octanol–water partition coefficient (Wildman–Crippen LogP) is 2.86. The summed E-state index contributed by atoms with van der Waals surface area (Å²) in [6, 6.07) is 11.6. The molecule has 0 aliphatic rings. The third kappa shape index (κ3) is 5.16. The van der Waals surface area contributed by atoms with Crippen LogP contribution in [-0.4, -0.2) is 22.4 Å². The molecule has 1 aromatic heterocycles. The van der Waals surface area contributed by atoms with Crippen molar-refractivity contribution in [1.29, 1.82) is 0 Å². The molecule has 2 N–H and O–H groups in total. The summed E-state index contributed by atoms with van der Waals surface area (Å²) in [7, 11) is 0. The molecule has 1 aromatic carbocycles. The van der Waals surface area contributed by atoms with Gasteiger partial charge in [0.1, 0.15) is 5.69 Å². The second kappa shape index (κ2) is 8.12. The lowest BCUT2D eigenvalue weighted by Crippen LogP contribution is -2.26. The number of aromatic nitrogens is 2. The van der Waals surface area contributed by atoms with Crippen LogP contribution in [0.15, 0.2) is 42.6 Å². The zero-order chi connectivity index (χ0) is 15.8. The lowest BCUT2D eigenvalue weighted by atomic mass is 10.1. The predicted molar refractivity (Wildman–Crippen MR) is 87.6 cm³/mol. The summed E-state index contributed by atoms with van der Waals surface area (Å²) < 4.78 is 0. The summed E-state index contributed by atoms with van der Waals surface area (Å²) >= 11 is 0. The van der Waals surface area contributed by atoms with E-state index in [1.807, 2.05) is 30.3 Å². The number of anilines is 1. The van der Waals surface area contributed by atoms with E-state index in [0.29, 0.717) is 30.6 Å². The fraction of sp³-hybridized carbons (Fsp3) is 0.353. The Bertz CT molecular complexity index is 599. The van der Waals surface area contributed by atoms with Crippen molar-refractivity contribution in [1.82, 2.24) is 15.3 Å². The van der Waals surface area contributed by atoms with Crippen LogP contribution >= 0.6 is 0 Å². The number of benzene rings is 1. The minimum atomic E-state index is -0.161. The van der Waals surface area contributed by atoms with Crippen molar-refractivity contribution >= 4 is 11.9 Å². The molecule has 5 nitrogen and oxygen atoms in total. The molecule has 22 heavy (non-hydrogen) atoms. The highest BCUT2D eigenvalue weighted by molar-refractivity contribution is 5.92. The normalized spacial score (nSPS) is 10.5. The van der Waals surface area contributed by atoms with Gasteiger partial charge in [-0.05, 0) is 24.0 Å². The average molecular weight is 298 g/mol. The topological polar surface area (TPSA) is 66.9 Å². The number of nitrogens with zero attached hydrogens (tertiary/aromatic N) is 2. The largest absolute Gasteiger partial charge is 0.351 e. The first-order valence-electron chi connectivity index (χ1n) is 7.54. The maximum Gasteiger partial charge on any atom is 0.270 e. The maximum atomic E-state index is 12.0. The smallest absolute Gasteiger partial charge is 0.270 e. The quantitative estimate of drug-likeness (QED) is 0.825. The Kier molecular flexibility index (Phi) is 5.89. The Morgan fingerprint density at radius 2 is 1.95 bits per heavy atom. The highest BCUT2D eigenvalue weighted by Gasteiger charge is 2.08. The number of hydrogen-bond donors (Lipinski definition) is 2. The molecule has 0 spiro atoms. The number of carbonyl (C=O) groups is 1. The molecule has 0 fully saturated rings. The van der Waals surface area contributed by atoms with Crippen molar-refractivity contribution in [3.8, 4) is 0 Å². The first-order chi connectivity index (χ1) is 10.6. The highest BCUT2D eigenvalue weighted by Crippen LogP contribution is 2.05. The monoisotopic (exact) mass is 298 g/mol. The van der Waals surface area contributed by atoms with Gasteiger partial charge < -0.3 is 10.6 Å². The second-order valence-electron chi connectivity index (χ2n) is 5.54. The summed E-state index contributed by atoms with van der Waals surface area (Å²) in [6.45, 7) is 5.54. The first kappa shape index (κ1) is 15.9. The van der Waals surface area contributed by atoms with E-state index in [4.69, 9.17) is 0 Å². The van der Waals surface area contributed by atoms with Crippen LogP contribution in [0.2, 0.25) is 0 Å². The second-order valence-corrected chi connectivity index (χ2v) is 5.54. The number of amides is 1. The van der Waals surface area contributed by atoms with E-state index in [-0.39, 0.29) is 5.91 Å². The van der Waals surface area contributed by atoms with Crippen molar-refractivity contribution in [2.45, 2.75) is 26.8 Å². The molecule has 1 amide bonds. The van der Waals surface area contributed by atoms with Crippen LogP contribution in [0.4, 0.5) is 5.95 Å². The molecule has 116 valence electrons. The molecule has 5 heteroatoms. The fourth-order valence-electron chi connectivity index (χ4n) is 1.91. The van der Waals surface area contributed by atoms with E-state index in [1.54, 1.807) is 12.3 Å². The van der Waals surface area contributed by atoms with Crippen LogP contribution in [0.25, 0.3) is 0 Å². The van der Waals surface area contributed by atoms with Crippen LogP contribution in [-0.2, 0) is 6.54 Å². The molecular weight excluding hydrogens is 276 g/mol. The molecule has 0 saturated heterocycles. The number of rotatable bonds is 7. The summed E-state index contributed by atoms with van der Waals surface area (Å²) in [5.41, 5.74) is 1.52. The Morgan fingerprint density at radius 3 is 2.68 bits per heavy atom. The van der Waals surface area contributed by atoms with E-state index in [1.165, 1.54) is 0 Å². The van der Waals surface area contributed by atoms with Gasteiger partial charge in [0, 0.05) is 19.3 Å². The minimum absolute atomic E-state index is 0.161. The number of carbonyl (C=O) groups excluding carboxylic acids is 1. The van der Waals surface area contributed by atoms with Crippen molar-refractivity contribution in [2.75, 3.05) is 11.9 Å². The van der Waals surface area contributed by atoms with Crippen molar-refractivity contribution in [3.05, 3.63) is 53.9 Å². The molecule has 0 aliphatic carbocycles. The summed E-state index contributed by atoms with van der Waals surface area (Å²) in [6.07, 6.45) is 2.55. The van der Waals surface area contributed by atoms with Gasteiger partial charge in [-0.2, -0.15) is 0 Å². The van der Waals surface area contributed by atoms with Crippen molar-refractivity contribution in [3.63, 3.8) is 0 Å². The zero-order valence-electron chi connectivity index (χ0n) is 13.0. The molecule has 0 aliphatic heterocycles. The SMILES string of the molecule is CC(C)CCNC(=O)c1ccnc(NCc2ccccc2)n1. The lowest BCUT2D eigenvalue weighted by Gasteiger charge is -2.08. The summed E-state index contributed by atoms with van der Waals surface area (Å²) in [5.74, 6) is 0.861. The lowest BCUT2D eigenvalue weighted by molar-refractivity contribution is 0.0947. The van der Waals surface area contributed by atoms with Gasteiger partial charge in [-0.25, -0.2) is 9.97 Å². The van der Waals surface area contributed by atoms with E-state index >= 15 is 0 Å². The van der Waals surface area contributed by atoms with E-state index in [2.05, 4.69) is 34.4 Å². The Hall–Kier alpha value is -2.43. The van der Waals surface area contributed by atoms with Gasteiger partial charge in [0.15, 0.2) is 0 Å². The van der Waals surface area contributed by atoms with Crippen molar-refractivity contribution in [2.24, 2.45) is 5.92 Å². The van der Waals surface area contributed by atoms with Crippen LogP contribution in [0, 0.1) is 5.92 Å². The first-order valence-corrected chi connectivity index (χ1v) is 7.54. The van der Waals surface area contributed by atoms with Gasteiger partial charge in [-0.15, -0.1) is 0 Å². The molecule has 0 saturated carbocycles. The van der Waals surface area contributed by atoms with Crippen LogP contribution in [0.5, 0.6) is 0 Å². The van der Waals surface area contributed by atoms with Gasteiger partial charge in [-0.3, -0.25) is 4.79 Å². The van der Waals surface area contributed by atoms with Gasteiger partial charge in [0.2, 0.25) is 5.95 Å². The maximum absolute atomic E-state index is 12.0. The Labute approximate surface area is 131 Å². The van der Waals surface area contributed by atoms with Crippen molar-refractivity contribution < 1.29 is 4.79 Å². The van der Waals surface area contributed by atoms with Crippen LogP contribution < -0.4 is 10.6 Å². The van der Waals surface area contributed by atoms with Crippen LogP contribution in [0.1, 0.15) is 36.3 Å². The molecule has 0 bridgehead atoms. The third-order valence-electron chi connectivity index (χ3n) is 3.19. The van der Waals surface area contributed by atoms with Gasteiger partial charge >= 0.3 is 0 Å². The van der Waals surface area contributed by atoms with E-state index in [9.17, 15) is 4.79 Å². The van der Waals surface area contributed by atoms with E-state index in [0.717, 1.165) is 12.0 Å². The summed E-state index contributed by atoms with van der Waals surface area (Å²) in [4.78, 5) is 20.4. The summed E-state index contributed by atoms with van der Waals surface area (Å²) in [5, 5.41) is 6.00. The Balaban J connectivity index is 1.90. The molecule has 0 radical (unpaired) electrons. The molecular formula is C17H22N4O. The minimum Gasteiger partial charge on any atom is -0.351 e. The van der Waals surface area contributed by atoms with E-state index < -0.39 is 0 Å². The number of nitrogens with one attached hydrogen (secondary N) is 2. The molecule has 1 heterocycles.